The fraction of sp³-hybridized carbons (Fsp3) is 0.0333. The van der Waals surface area contributed by atoms with E-state index in [4.69, 9.17) is 4.74 Å². The van der Waals surface area contributed by atoms with E-state index in [2.05, 4.69) is 15.4 Å². The summed E-state index contributed by atoms with van der Waals surface area (Å²) in [5.74, 6) is -1.52. The van der Waals surface area contributed by atoms with Gasteiger partial charge in [0.15, 0.2) is 12.4 Å². The number of aromatic nitrogens is 3. The van der Waals surface area contributed by atoms with Gasteiger partial charge < -0.3 is 10.1 Å². The molecule has 0 aliphatic heterocycles. The van der Waals surface area contributed by atoms with Crippen molar-refractivity contribution in [1.29, 1.82) is 0 Å². The van der Waals surface area contributed by atoms with E-state index in [1.807, 2.05) is 36.4 Å². The van der Waals surface area contributed by atoms with E-state index < -0.39 is 18.5 Å². The minimum Gasteiger partial charge on any atom is -0.452 e. The number of anilines is 1. The third-order valence-corrected chi connectivity index (χ3v) is 5.71. The van der Waals surface area contributed by atoms with Gasteiger partial charge in [-0.15, -0.1) is 0 Å². The van der Waals surface area contributed by atoms with Gasteiger partial charge in [0.05, 0.1) is 11.4 Å². The molecule has 2 heterocycles. The highest BCUT2D eigenvalue weighted by molar-refractivity contribution is 6.14. The van der Waals surface area contributed by atoms with Crippen LogP contribution in [0.5, 0.6) is 0 Å². The number of ether oxygens (including phenoxy) is 1. The summed E-state index contributed by atoms with van der Waals surface area (Å²) < 4.78 is 6.92. The lowest BCUT2D eigenvalue weighted by Gasteiger charge is -2.11. The molecular formula is C30H22N4O4. The molecule has 0 radical (unpaired) electrons. The lowest BCUT2D eigenvalue weighted by atomic mass is 10.0. The molecule has 0 unspecified atom stereocenters. The molecular weight excluding hydrogens is 480 g/mol. The number of amides is 1. The van der Waals surface area contributed by atoms with E-state index in [1.165, 1.54) is 0 Å². The molecule has 0 saturated carbocycles. The lowest BCUT2D eigenvalue weighted by Crippen LogP contribution is -2.22. The summed E-state index contributed by atoms with van der Waals surface area (Å²) >= 11 is 0. The summed E-state index contributed by atoms with van der Waals surface area (Å²) in [7, 11) is 0. The van der Waals surface area contributed by atoms with Crippen LogP contribution in [0.1, 0.15) is 26.3 Å². The van der Waals surface area contributed by atoms with Crippen LogP contribution >= 0.6 is 0 Å². The Morgan fingerprint density at radius 1 is 0.789 bits per heavy atom. The Morgan fingerprint density at radius 3 is 2.24 bits per heavy atom. The molecule has 1 N–H and O–H groups in total. The topological polar surface area (TPSA) is 103 Å². The van der Waals surface area contributed by atoms with Crippen molar-refractivity contribution in [3.05, 3.63) is 132 Å². The van der Waals surface area contributed by atoms with Crippen LogP contribution in [-0.2, 0) is 9.53 Å². The van der Waals surface area contributed by atoms with Crippen molar-refractivity contribution in [1.82, 2.24) is 14.8 Å². The van der Waals surface area contributed by atoms with Crippen molar-refractivity contribution in [3.8, 4) is 16.9 Å². The highest BCUT2D eigenvalue weighted by atomic mass is 16.5. The van der Waals surface area contributed by atoms with Crippen molar-refractivity contribution in [3.63, 3.8) is 0 Å². The second-order valence-electron chi connectivity index (χ2n) is 8.28. The Morgan fingerprint density at radius 2 is 1.50 bits per heavy atom. The lowest BCUT2D eigenvalue weighted by molar-refractivity contribution is -0.119. The molecule has 38 heavy (non-hydrogen) atoms. The van der Waals surface area contributed by atoms with Gasteiger partial charge in [-0.1, -0.05) is 60.7 Å². The number of pyridine rings is 1. The van der Waals surface area contributed by atoms with Crippen molar-refractivity contribution in [2.75, 3.05) is 11.9 Å². The maximum absolute atomic E-state index is 13.1. The van der Waals surface area contributed by atoms with Crippen LogP contribution in [-0.4, -0.2) is 39.0 Å². The number of carbonyl (C=O) groups is 3. The largest absolute Gasteiger partial charge is 0.452 e. The highest BCUT2D eigenvalue weighted by Crippen LogP contribution is 2.24. The van der Waals surface area contributed by atoms with Gasteiger partial charge in [-0.2, -0.15) is 5.10 Å². The second kappa shape index (κ2) is 11.1. The maximum atomic E-state index is 13.1. The van der Waals surface area contributed by atoms with Gasteiger partial charge in [0.25, 0.3) is 5.91 Å². The van der Waals surface area contributed by atoms with Crippen LogP contribution in [0.15, 0.2) is 116 Å². The van der Waals surface area contributed by atoms with Crippen molar-refractivity contribution in [2.24, 2.45) is 0 Å². The summed E-state index contributed by atoms with van der Waals surface area (Å²) in [5.41, 5.74) is 3.12. The molecule has 0 aliphatic rings. The third kappa shape index (κ3) is 5.39. The standard InChI is InChI=1S/C30H22N4O4/c35-27(32-26-16-8-7-15-24(26)29(36)21-10-3-1-4-11-21)20-38-30(37)25-19-34(23-13-5-2-6-14-23)33-28(25)22-12-9-17-31-18-22/h1-19H,20H2,(H,32,35). The van der Waals surface area contributed by atoms with Crippen LogP contribution in [0.4, 0.5) is 5.69 Å². The first kappa shape index (κ1) is 24.3. The third-order valence-electron chi connectivity index (χ3n) is 5.71. The number of rotatable bonds is 8. The average Bonchev–Trinajstić information content (AvgIpc) is 3.43. The minimum atomic E-state index is -0.713. The Kier molecular flexibility index (Phi) is 7.13. The van der Waals surface area contributed by atoms with Gasteiger partial charge in [0, 0.05) is 35.3 Å². The first-order chi connectivity index (χ1) is 18.6. The van der Waals surface area contributed by atoms with E-state index in [1.54, 1.807) is 83.9 Å². The zero-order chi connectivity index (χ0) is 26.3. The van der Waals surface area contributed by atoms with Gasteiger partial charge in [-0.3, -0.25) is 14.6 Å². The maximum Gasteiger partial charge on any atom is 0.342 e. The normalized spacial score (nSPS) is 10.5. The van der Waals surface area contributed by atoms with Crippen LogP contribution in [0.3, 0.4) is 0 Å². The SMILES string of the molecule is O=C(COC(=O)c1cn(-c2ccccc2)nc1-c1cccnc1)Nc1ccccc1C(=O)c1ccccc1. The molecule has 0 atom stereocenters. The monoisotopic (exact) mass is 502 g/mol. The summed E-state index contributed by atoms with van der Waals surface area (Å²) in [6.07, 6.45) is 4.79. The van der Waals surface area contributed by atoms with Crippen molar-refractivity contribution < 1.29 is 19.1 Å². The van der Waals surface area contributed by atoms with Gasteiger partial charge >= 0.3 is 5.97 Å². The van der Waals surface area contributed by atoms with Crippen molar-refractivity contribution >= 4 is 23.3 Å². The Bertz CT molecular complexity index is 1580. The van der Waals surface area contributed by atoms with Gasteiger partial charge in [0.1, 0.15) is 11.3 Å². The number of para-hydroxylation sites is 2. The van der Waals surface area contributed by atoms with Crippen LogP contribution < -0.4 is 5.32 Å². The number of hydrogen-bond acceptors (Lipinski definition) is 6. The molecule has 5 aromatic rings. The van der Waals surface area contributed by atoms with Crippen LogP contribution in [0, 0.1) is 0 Å². The van der Waals surface area contributed by atoms with Crippen LogP contribution in [0.2, 0.25) is 0 Å². The quantitative estimate of drug-likeness (QED) is 0.238. The number of hydrogen-bond donors (Lipinski definition) is 1. The molecule has 3 aromatic carbocycles. The Labute approximate surface area is 218 Å². The molecule has 2 aromatic heterocycles. The predicted molar refractivity (Wildman–Crippen MR) is 142 cm³/mol. The van der Waals surface area contributed by atoms with Gasteiger partial charge in [0.2, 0.25) is 0 Å². The summed E-state index contributed by atoms with van der Waals surface area (Å²) in [4.78, 5) is 42.8. The zero-order valence-corrected chi connectivity index (χ0v) is 20.2. The molecule has 5 rings (SSSR count). The molecule has 186 valence electrons. The smallest absolute Gasteiger partial charge is 0.342 e. The zero-order valence-electron chi connectivity index (χ0n) is 20.2. The van der Waals surface area contributed by atoms with E-state index in [-0.39, 0.29) is 11.3 Å². The summed E-state index contributed by atoms with van der Waals surface area (Å²) in [5, 5.41) is 7.24. The molecule has 8 heteroatoms. The summed E-state index contributed by atoms with van der Waals surface area (Å²) in [6.45, 7) is -0.546. The number of carbonyl (C=O) groups excluding carboxylic acids is 3. The minimum absolute atomic E-state index is 0.189. The van der Waals surface area contributed by atoms with Gasteiger partial charge in [-0.25, -0.2) is 9.48 Å². The number of ketones is 1. The molecule has 0 aliphatic carbocycles. The molecule has 0 bridgehead atoms. The Balaban J connectivity index is 1.32. The average molecular weight is 503 g/mol. The fourth-order valence-electron chi connectivity index (χ4n) is 3.88. The Hall–Kier alpha value is -5.37. The molecule has 8 nitrogen and oxygen atoms in total. The first-order valence-electron chi connectivity index (χ1n) is 11.8. The number of nitrogens with one attached hydrogen (secondary N) is 1. The van der Waals surface area contributed by atoms with E-state index in [9.17, 15) is 14.4 Å². The van der Waals surface area contributed by atoms with E-state index in [0.29, 0.717) is 28.1 Å². The number of benzene rings is 3. The van der Waals surface area contributed by atoms with Crippen molar-refractivity contribution in [2.45, 2.75) is 0 Å². The molecule has 0 fully saturated rings. The molecule has 1 amide bonds. The van der Waals surface area contributed by atoms with E-state index >= 15 is 0 Å². The van der Waals surface area contributed by atoms with Gasteiger partial charge in [-0.05, 0) is 36.4 Å². The number of esters is 1. The molecule has 0 saturated heterocycles. The second-order valence-corrected chi connectivity index (χ2v) is 8.28. The predicted octanol–water partition coefficient (Wildman–Crippen LogP) is 4.96. The highest BCUT2D eigenvalue weighted by Gasteiger charge is 2.22. The van der Waals surface area contributed by atoms with Crippen LogP contribution in [0.25, 0.3) is 16.9 Å². The first-order valence-corrected chi connectivity index (χ1v) is 11.8. The fourth-order valence-corrected chi connectivity index (χ4v) is 3.88. The molecule has 0 spiro atoms. The number of nitrogens with zero attached hydrogens (tertiary/aromatic N) is 3. The summed E-state index contributed by atoms with van der Waals surface area (Å²) in [6, 6.07) is 28.3. The van der Waals surface area contributed by atoms with E-state index in [0.717, 1.165) is 5.69 Å².